The largest absolute Gasteiger partial charge is 0.493 e. The fourth-order valence-corrected chi connectivity index (χ4v) is 6.61. The molecule has 214 valence electrons. The van der Waals surface area contributed by atoms with E-state index in [-0.39, 0.29) is 44.6 Å². The van der Waals surface area contributed by atoms with Crippen LogP contribution in [0, 0.1) is 11.6 Å². The van der Waals surface area contributed by atoms with Crippen LogP contribution < -0.4 is 19.7 Å². The maximum absolute atomic E-state index is 15.5. The number of hydrogen-bond acceptors (Lipinski definition) is 8. The number of benzene rings is 1. The maximum atomic E-state index is 15.5. The first kappa shape index (κ1) is 27.1. The Morgan fingerprint density at radius 3 is 2.60 bits per heavy atom. The van der Waals surface area contributed by atoms with Crippen molar-refractivity contribution < 1.29 is 23.0 Å². The molecule has 0 spiro atoms. The molecule has 0 saturated carbocycles. The molecule has 5 heterocycles. The van der Waals surface area contributed by atoms with Gasteiger partial charge in [-0.05, 0) is 74.6 Å². The lowest BCUT2D eigenvalue weighted by molar-refractivity contribution is 0.0937. The van der Waals surface area contributed by atoms with Crippen molar-refractivity contribution in [1.82, 2.24) is 30.0 Å². The van der Waals surface area contributed by atoms with Crippen molar-refractivity contribution in [2.45, 2.75) is 64.2 Å². The van der Waals surface area contributed by atoms with E-state index in [2.05, 4.69) is 36.2 Å². The monoisotopic (exact) mass is 619 g/mol. The number of amides is 1. The lowest BCUT2D eigenvalue weighted by Crippen LogP contribution is -2.43. The number of carbonyl (C=O) groups is 1. The van der Waals surface area contributed by atoms with E-state index >= 15 is 8.78 Å². The molecular weight excluding hydrogens is 588 g/mol. The van der Waals surface area contributed by atoms with Gasteiger partial charge in [0.25, 0.3) is 5.91 Å². The van der Waals surface area contributed by atoms with Crippen molar-refractivity contribution >= 4 is 38.6 Å². The summed E-state index contributed by atoms with van der Waals surface area (Å²) >= 11 is 3.02. The van der Waals surface area contributed by atoms with Gasteiger partial charge in [0, 0.05) is 12.6 Å². The van der Waals surface area contributed by atoms with Crippen LogP contribution in [0.3, 0.4) is 0 Å². The number of nitrogens with one attached hydrogen (secondary N) is 1. The highest BCUT2D eigenvalue weighted by Gasteiger charge is 2.45. The van der Waals surface area contributed by atoms with Crippen LogP contribution >= 0.6 is 15.9 Å². The fraction of sp³-hybridized carbons (Fsp3) is 0.556. The molecule has 0 aliphatic carbocycles. The van der Waals surface area contributed by atoms with Gasteiger partial charge in [0.15, 0.2) is 23.1 Å². The summed E-state index contributed by atoms with van der Waals surface area (Å²) in [5.41, 5.74) is 0.951. The summed E-state index contributed by atoms with van der Waals surface area (Å²) in [5, 5.41) is 7.43. The zero-order valence-electron chi connectivity index (χ0n) is 22.8. The van der Waals surface area contributed by atoms with Crippen molar-refractivity contribution in [3.8, 4) is 11.8 Å². The Bertz CT molecular complexity index is 1470. The van der Waals surface area contributed by atoms with E-state index in [0.717, 1.165) is 44.5 Å². The summed E-state index contributed by atoms with van der Waals surface area (Å²) in [6.07, 6.45) is 4.30. The van der Waals surface area contributed by atoms with Crippen LogP contribution in [0.15, 0.2) is 10.5 Å². The first-order valence-electron chi connectivity index (χ1n) is 13.6. The molecule has 13 heteroatoms. The minimum Gasteiger partial charge on any atom is -0.493 e. The van der Waals surface area contributed by atoms with E-state index in [1.165, 1.54) is 7.11 Å². The maximum Gasteiger partial charge on any atom is 0.319 e. The third kappa shape index (κ3) is 4.56. The third-order valence-corrected chi connectivity index (χ3v) is 8.82. The van der Waals surface area contributed by atoms with Crippen molar-refractivity contribution in [3.63, 3.8) is 0 Å². The molecule has 3 aliphatic heterocycles. The van der Waals surface area contributed by atoms with Crippen molar-refractivity contribution in [1.29, 1.82) is 0 Å². The van der Waals surface area contributed by atoms with Crippen LogP contribution in [0.1, 0.15) is 55.7 Å². The number of fused-ring (bicyclic) bond motifs is 3. The standard InChI is InChI=1S/C27H32BrF2N7O3/c1-15(2)31-25(38)17-12-16-13-35(10-11-37(16)34-17)24-18-22(20(29)19(28)21(30)23(18)39-3)32-26(33-24)40-14-27-6-4-8-36(27)9-5-7-27/h12,15H,4-11,13-14H2,1-3H3,(H,31,38). The number of carbonyl (C=O) groups excluding carboxylic acids is 1. The number of methoxy groups -OCH3 is 1. The molecule has 2 aromatic heterocycles. The molecule has 3 aromatic rings. The molecule has 0 bridgehead atoms. The lowest BCUT2D eigenvalue weighted by Gasteiger charge is -2.32. The summed E-state index contributed by atoms with van der Waals surface area (Å²) in [7, 11) is 1.33. The Morgan fingerprint density at radius 2 is 1.90 bits per heavy atom. The summed E-state index contributed by atoms with van der Waals surface area (Å²) in [6.45, 7) is 7.47. The minimum atomic E-state index is -0.868. The number of hydrogen-bond donors (Lipinski definition) is 1. The average molecular weight is 620 g/mol. The SMILES string of the molecule is COc1c(F)c(Br)c(F)c2nc(OCC34CCCN3CCC4)nc(N3CCn4nc(C(=O)NC(C)C)cc4C3)c12. The van der Waals surface area contributed by atoms with Gasteiger partial charge in [0.05, 0.1) is 41.3 Å². The predicted octanol–water partition coefficient (Wildman–Crippen LogP) is 4.04. The number of anilines is 1. The Hall–Kier alpha value is -3.06. The first-order chi connectivity index (χ1) is 19.2. The number of nitrogens with zero attached hydrogens (tertiary/aromatic N) is 6. The van der Waals surface area contributed by atoms with Gasteiger partial charge in [-0.25, -0.2) is 8.78 Å². The van der Waals surface area contributed by atoms with E-state index in [0.29, 0.717) is 37.8 Å². The molecule has 1 aromatic carbocycles. The molecule has 0 atom stereocenters. The van der Waals surface area contributed by atoms with Gasteiger partial charge in [0.1, 0.15) is 17.9 Å². The van der Waals surface area contributed by atoms with Gasteiger partial charge >= 0.3 is 6.01 Å². The quantitative estimate of drug-likeness (QED) is 0.396. The predicted molar refractivity (Wildman–Crippen MR) is 148 cm³/mol. The molecule has 40 heavy (non-hydrogen) atoms. The van der Waals surface area contributed by atoms with Crippen LogP contribution in [-0.4, -0.2) is 75.5 Å². The molecule has 0 unspecified atom stereocenters. The van der Waals surface area contributed by atoms with Crippen molar-refractivity contribution in [2.24, 2.45) is 0 Å². The lowest BCUT2D eigenvalue weighted by atomic mass is 9.95. The van der Waals surface area contributed by atoms with Crippen LogP contribution in [0.5, 0.6) is 11.8 Å². The van der Waals surface area contributed by atoms with Gasteiger partial charge in [-0.2, -0.15) is 15.1 Å². The highest BCUT2D eigenvalue weighted by Crippen LogP contribution is 2.43. The van der Waals surface area contributed by atoms with Gasteiger partial charge in [0.2, 0.25) is 0 Å². The van der Waals surface area contributed by atoms with E-state index in [1.54, 1.807) is 10.7 Å². The molecule has 3 aliphatic rings. The van der Waals surface area contributed by atoms with E-state index in [9.17, 15) is 4.79 Å². The highest BCUT2D eigenvalue weighted by molar-refractivity contribution is 9.10. The normalized spacial score (nSPS) is 18.3. The molecule has 1 N–H and O–H groups in total. The van der Waals surface area contributed by atoms with Crippen LogP contribution in [-0.2, 0) is 13.1 Å². The second kappa shape index (κ2) is 10.4. The number of rotatable bonds is 7. The molecule has 6 rings (SSSR count). The zero-order valence-corrected chi connectivity index (χ0v) is 24.4. The van der Waals surface area contributed by atoms with Gasteiger partial charge < -0.3 is 19.7 Å². The van der Waals surface area contributed by atoms with Crippen LogP contribution in [0.4, 0.5) is 14.6 Å². The third-order valence-electron chi connectivity index (χ3n) is 8.12. The van der Waals surface area contributed by atoms with Crippen LogP contribution in [0.2, 0.25) is 0 Å². The summed E-state index contributed by atoms with van der Waals surface area (Å²) in [4.78, 5) is 26.0. The minimum absolute atomic E-state index is 0.0230. The highest BCUT2D eigenvalue weighted by atomic mass is 79.9. The van der Waals surface area contributed by atoms with Crippen molar-refractivity contribution in [2.75, 3.05) is 38.3 Å². The number of halogens is 3. The Labute approximate surface area is 239 Å². The number of aromatic nitrogens is 4. The van der Waals surface area contributed by atoms with Gasteiger partial charge in [-0.3, -0.25) is 14.4 Å². The molecule has 2 saturated heterocycles. The fourth-order valence-electron chi connectivity index (χ4n) is 6.25. The van der Waals surface area contributed by atoms with Crippen molar-refractivity contribution in [3.05, 3.63) is 33.6 Å². The Kier molecular flexibility index (Phi) is 7.06. The zero-order chi connectivity index (χ0) is 28.2. The molecule has 10 nitrogen and oxygen atoms in total. The Balaban J connectivity index is 1.39. The number of ether oxygens (including phenoxy) is 2. The molecule has 2 fully saturated rings. The topological polar surface area (TPSA) is 97.6 Å². The second-order valence-electron chi connectivity index (χ2n) is 11.0. The summed E-state index contributed by atoms with van der Waals surface area (Å²) in [6, 6.07) is 1.74. The Morgan fingerprint density at radius 1 is 1.15 bits per heavy atom. The summed E-state index contributed by atoms with van der Waals surface area (Å²) in [5.74, 6) is -1.83. The van der Waals surface area contributed by atoms with E-state index in [4.69, 9.17) is 14.5 Å². The van der Waals surface area contributed by atoms with Gasteiger partial charge in [-0.15, -0.1) is 0 Å². The first-order valence-corrected chi connectivity index (χ1v) is 14.4. The molecule has 0 radical (unpaired) electrons. The smallest absolute Gasteiger partial charge is 0.319 e. The molecule has 1 amide bonds. The second-order valence-corrected chi connectivity index (χ2v) is 11.8. The molecular formula is C27H32BrF2N7O3. The average Bonchev–Trinajstić information content (AvgIpc) is 3.64. The van der Waals surface area contributed by atoms with E-state index < -0.39 is 11.6 Å². The van der Waals surface area contributed by atoms with Gasteiger partial charge in [-0.1, -0.05) is 0 Å². The van der Waals surface area contributed by atoms with Crippen LogP contribution in [0.25, 0.3) is 10.9 Å². The summed E-state index contributed by atoms with van der Waals surface area (Å²) < 4.78 is 43.7. The van der Waals surface area contributed by atoms with E-state index in [1.807, 2.05) is 18.7 Å².